The number of rotatable bonds is 3. The largest absolute Gasteiger partial charge is 0.368 e. The van der Waals surface area contributed by atoms with Gasteiger partial charge in [0.15, 0.2) is 11.6 Å². The van der Waals surface area contributed by atoms with Gasteiger partial charge in [0.05, 0.1) is 10.9 Å². The monoisotopic (exact) mass is 425 g/mol. The van der Waals surface area contributed by atoms with Crippen LogP contribution in [0.4, 0.5) is 26.0 Å². The topological polar surface area (TPSA) is 73.8 Å². The van der Waals surface area contributed by atoms with Gasteiger partial charge in [-0.1, -0.05) is 0 Å². The van der Waals surface area contributed by atoms with Crippen LogP contribution in [0.5, 0.6) is 0 Å². The average molecular weight is 425 g/mol. The van der Waals surface area contributed by atoms with E-state index in [2.05, 4.69) is 44.7 Å². The van der Waals surface area contributed by atoms with E-state index in [0.29, 0.717) is 45.4 Å². The molecule has 2 atom stereocenters. The molecule has 31 heavy (non-hydrogen) atoms. The second-order valence-corrected chi connectivity index (χ2v) is 8.48. The van der Waals surface area contributed by atoms with E-state index in [0.717, 1.165) is 24.5 Å². The summed E-state index contributed by atoms with van der Waals surface area (Å²) in [5, 5.41) is 19.0. The van der Waals surface area contributed by atoms with Gasteiger partial charge in [0.1, 0.15) is 11.3 Å². The molecule has 0 amide bonds. The Morgan fingerprint density at radius 2 is 1.81 bits per heavy atom. The van der Waals surface area contributed by atoms with Crippen molar-refractivity contribution in [1.29, 1.82) is 0 Å². The smallest absolute Gasteiger partial charge is 0.163 e. The highest BCUT2D eigenvalue weighted by atomic mass is 19.1. The number of piperazine rings is 1. The molecule has 0 saturated carbocycles. The van der Waals surface area contributed by atoms with Crippen molar-refractivity contribution in [3.05, 3.63) is 41.6 Å². The summed E-state index contributed by atoms with van der Waals surface area (Å²) in [4.78, 5) is 2.18. The molecule has 1 aliphatic rings. The summed E-state index contributed by atoms with van der Waals surface area (Å²) in [5.74, 6) is -0.490. The molecule has 4 aromatic rings. The number of aryl methyl sites for hydroxylation is 2. The van der Waals surface area contributed by atoms with Gasteiger partial charge in [-0.3, -0.25) is 9.78 Å². The Morgan fingerprint density at radius 1 is 1.06 bits per heavy atom. The first-order valence-corrected chi connectivity index (χ1v) is 10.4. The molecule has 0 spiro atoms. The molecule has 162 valence electrons. The standard InChI is InChI=1S/C22H25F2N7/c1-11-9-31(10-12(2)25-11)15-7-17(23)20-19(8-15)27-28-22(20)26-14-5-16-13(3)30(4)29-21(16)18(24)6-14/h5-8,11-12,25H,9-10H2,1-4H3,(H2,26,27,28)/t11-,12-/m1/s1. The van der Waals surface area contributed by atoms with Crippen LogP contribution in [0.15, 0.2) is 24.3 Å². The van der Waals surface area contributed by atoms with Gasteiger partial charge in [-0.25, -0.2) is 8.78 Å². The molecule has 7 nitrogen and oxygen atoms in total. The maximum atomic E-state index is 15.2. The van der Waals surface area contributed by atoms with Gasteiger partial charge < -0.3 is 15.5 Å². The number of H-pyrrole nitrogens is 1. The van der Waals surface area contributed by atoms with Crippen LogP contribution >= 0.6 is 0 Å². The molecule has 3 heterocycles. The highest BCUT2D eigenvalue weighted by Gasteiger charge is 2.23. The third-order valence-electron chi connectivity index (χ3n) is 5.97. The molecule has 1 aliphatic heterocycles. The molecule has 0 aliphatic carbocycles. The molecule has 3 N–H and O–H groups in total. The molecular weight excluding hydrogens is 400 g/mol. The number of halogens is 2. The van der Waals surface area contributed by atoms with Gasteiger partial charge in [-0.2, -0.15) is 10.2 Å². The van der Waals surface area contributed by atoms with Crippen molar-refractivity contribution in [2.24, 2.45) is 7.05 Å². The second-order valence-electron chi connectivity index (χ2n) is 8.48. The molecule has 0 unspecified atom stereocenters. The zero-order chi connectivity index (χ0) is 21.9. The molecule has 5 rings (SSSR count). The molecule has 2 aromatic heterocycles. The van der Waals surface area contributed by atoms with Crippen molar-refractivity contribution in [1.82, 2.24) is 25.3 Å². The minimum atomic E-state index is -0.437. The van der Waals surface area contributed by atoms with Gasteiger partial charge in [0, 0.05) is 54.7 Å². The number of hydrogen-bond donors (Lipinski definition) is 3. The van der Waals surface area contributed by atoms with Crippen molar-refractivity contribution < 1.29 is 8.78 Å². The Kier molecular flexibility index (Phi) is 4.58. The van der Waals surface area contributed by atoms with E-state index in [1.807, 2.05) is 13.0 Å². The molecule has 2 aromatic carbocycles. The number of aromatic nitrogens is 4. The third-order valence-corrected chi connectivity index (χ3v) is 5.97. The fourth-order valence-corrected chi connectivity index (χ4v) is 4.49. The molecule has 1 fully saturated rings. The summed E-state index contributed by atoms with van der Waals surface area (Å²) in [5.41, 5.74) is 3.06. The van der Waals surface area contributed by atoms with E-state index in [1.165, 1.54) is 6.07 Å². The van der Waals surface area contributed by atoms with Crippen LogP contribution < -0.4 is 15.5 Å². The van der Waals surface area contributed by atoms with Crippen molar-refractivity contribution in [3.8, 4) is 0 Å². The zero-order valence-corrected chi connectivity index (χ0v) is 17.9. The van der Waals surface area contributed by atoms with Gasteiger partial charge in [-0.05, 0) is 45.0 Å². The van der Waals surface area contributed by atoms with E-state index in [1.54, 1.807) is 23.9 Å². The van der Waals surface area contributed by atoms with Gasteiger partial charge in [0.2, 0.25) is 0 Å². The van der Waals surface area contributed by atoms with Crippen molar-refractivity contribution in [3.63, 3.8) is 0 Å². The van der Waals surface area contributed by atoms with E-state index in [9.17, 15) is 4.39 Å². The predicted octanol–water partition coefficient (Wildman–Crippen LogP) is 3.97. The lowest BCUT2D eigenvalue weighted by molar-refractivity contribution is 0.407. The number of nitrogens with zero attached hydrogens (tertiary/aromatic N) is 4. The summed E-state index contributed by atoms with van der Waals surface area (Å²) in [7, 11) is 1.77. The molecule has 0 radical (unpaired) electrons. The lowest BCUT2D eigenvalue weighted by Gasteiger charge is -2.37. The zero-order valence-electron chi connectivity index (χ0n) is 17.9. The molecule has 1 saturated heterocycles. The SMILES string of the molecule is Cc1c2cc(Nc3n[nH]c4cc(N5C[C@@H](C)N[C@H](C)C5)cc(F)c34)cc(F)c2nn1C. The number of fused-ring (bicyclic) bond motifs is 2. The van der Waals surface area contributed by atoms with E-state index < -0.39 is 5.82 Å². The van der Waals surface area contributed by atoms with E-state index in [-0.39, 0.29) is 5.82 Å². The minimum absolute atomic E-state index is 0.313. The Labute approximate surface area is 178 Å². The summed E-state index contributed by atoms with van der Waals surface area (Å²) >= 11 is 0. The van der Waals surface area contributed by atoms with Crippen LogP contribution in [0.3, 0.4) is 0 Å². The van der Waals surface area contributed by atoms with Crippen LogP contribution in [0, 0.1) is 18.6 Å². The first-order chi connectivity index (χ1) is 14.8. The number of benzene rings is 2. The number of anilines is 3. The Hall–Kier alpha value is -3.20. The van der Waals surface area contributed by atoms with Crippen molar-refractivity contribution in [2.75, 3.05) is 23.3 Å². The summed E-state index contributed by atoms with van der Waals surface area (Å²) in [6, 6.07) is 7.26. The lowest BCUT2D eigenvalue weighted by Crippen LogP contribution is -2.54. The van der Waals surface area contributed by atoms with Gasteiger partial charge in [-0.15, -0.1) is 0 Å². The maximum Gasteiger partial charge on any atom is 0.163 e. The van der Waals surface area contributed by atoms with Crippen LogP contribution in [0.25, 0.3) is 21.8 Å². The third kappa shape index (κ3) is 3.38. The number of hydrogen-bond acceptors (Lipinski definition) is 5. The van der Waals surface area contributed by atoms with E-state index >= 15 is 4.39 Å². The normalized spacial score (nSPS) is 19.5. The van der Waals surface area contributed by atoms with Crippen molar-refractivity contribution in [2.45, 2.75) is 32.9 Å². The lowest BCUT2D eigenvalue weighted by atomic mass is 10.1. The quantitative estimate of drug-likeness (QED) is 0.463. The maximum absolute atomic E-state index is 15.2. The summed E-state index contributed by atoms with van der Waals surface area (Å²) in [6.45, 7) is 7.73. The average Bonchev–Trinajstić information content (AvgIpc) is 3.23. The number of aromatic amines is 1. The fraction of sp³-hybridized carbons (Fsp3) is 0.364. The van der Waals surface area contributed by atoms with Crippen LogP contribution in [0.1, 0.15) is 19.5 Å². The highest BCUT2D eigenvalue weighted by molar-refractivity contribution is 5.95. The predicted molar refractivity (Wildman–Crippen MR) is 119 cm³/mol. The van der Waals surface area contributed by atoms with Gasteiger partial charge >= 0.3 is 0 Å². The first kappa shape index (κ1) is 19.7. The minimum Gasteiger partial charge on any atom is -0.368 e. The van der Waals surface area contributed by atoms with Gasteiger partial charge in [0.25, 0.3) is 0 Å². The van der Waals surface area contributed by atoms with Crippen LogP contribution in [-0.4, -0.2) is 45.2 Å². The summed E-state index contributed by atoms with van der Waals surface area (Å²) in [6.07, 6.45) is 0. The second kappa shape index (κ2) is 7.19. The fourth-order valence-electron chi connectivity index (χ4n) is 4.49. The molecular formula is C22H25F2N7. The van der Waals surface area contributed by atoms with E-state index in [4.69, 9.17) is 0 Å². The van der Waals surface area contributed by atoms with Crippen molar-refractivity contribution >= 4 is 39.0 Å². The Bertz CT molecular complexity index is 1280. The highest BCUT2D eigenvalue weighted by Crippen LogP contribution is 2.33. The summed E-state index contributed by atoms with van der Waals surface area (Å²) < 4.78 is 31.4. The van der Waals surface area contributed by atoms with Crippen LogP contribution in [-0.2, 0) is 7.05 Å². The Balaban J connectivity index is 1.50. The van der Waals surface area contributed by atoms with Crippen LogP contribution in [0.2, 0.25) is 0 Å². The molecule has 9 heteroatoms. The number of nitrogens with one attached hydrogen (secondary N) is 3. The Morgan fingerprint density at radius 3 is 2.55 bits per heavy atom. The molecule has 0 bridgehead atoms. The first-order valence-electron chi connectivity index (χ1n) is 10.4.